The van der Waals surface area contributed by atoms with Crippen molar-refractivity contribution in [1.82, 2.24) is 20.2 Å². The lowest BCUT2D eigenvalue weighted by Gasteiger charge is -2.01. The van der Waals surface area contributed by atoms with Gasteiger partial charge in [-0.2, -0.15) is 0 Å². The monoisotopic (exact) mass is 167 g/mol. The van der Waals surface area contributed by atoms with E-state index in [4.69, 9.17) is 0 Å². The SMILES string of the molecule is Cn1nnnc1NCCC1CC1. The summed E-state index contributed by atoms with van der Waals surface area (Å²) < 4.78 is 1.65. The fraction of sp³-hybridized carbons (Fsp3) is 0.857. The molecule has 0 atom stereocenters. The molecule has 1 saturated carbocycles. The molecule has 1 heterocycles. The fourth-order valence-corrected chi connectivity index (χ4v) is 1.17. The number of aromatic nitrogens is 4. The second-order valence-electron chi connectivity index (χ2n) is 3.28. The lowest BCUT2D eigenvalue weighted by molar-refractivity contribution is 0.704. The summed E-state index contributed by atoms with van der Waals surface area (Å²) in [6, 6.07) is 0. The summed E-state index contributed by atoms with van der Waals surface area (Å²) in [5.74, 6) is 1.72. The summed E-state index contributed by atoms with van der Waals surface area (Å²) >= 11 is 0. The number of hydrogen-bond acceptors (Lipinski definition) is 4. The molecule has 2 rings (SSSR count). The molecule has 5 nitrogen and oxygen atoms in total. The molecular weight excluding hydrogens is 154 g/mol. The minimum atomic E-state index is 0.760. The van der Waals surface area contributed by atoms with Crippen LogP contribution in [0.4, 0.5) is 5.95 Å². The Morgan fingerprint density at radius 2 is 2.42 bits per heavy atom. The van der Waals surface area contributed by atoms with Crippen molar-refractivity contribution < 1.29 is 0 Å². The van der Waals surface area contributed by atoms with E-state index < -0.39 is 0 Å². The Morgan fingerprint density at radius 3 is 3.00 bits per heavy atom. The van der Waals surface area contributed by atoms with E-state index in [9.17, 15) is 0 Å². The van der Waals surface area contributed by atoms with Crippen molar-refractivity contribution in [3.8, 4) is 0 Å². The smallest absolute Gasteiger partial charge is 0.242 e. The highest BCUT2D eigenvalue weighted by Gasteiger charge is 2.20. The molecule has 66 valence electrons. The van der Waals surface area contributed by atoms with Gasteiger partial charge in [-0.1, -0.05) is 17.9 Å². The van der Waals surface area contributed by atoms with Crippen molar-refractivity contribution in [3.05, 3.63) is 0 Å². The Kier molecular flexibility index (Phi) is 1.93. The topological polar surface area (TPSA) is 55.6 Å². The molecule has 0 aromatic carbocycles. The molecule has 1 fully saturated rings. The summed E-state index contributed by atoms with van der Waals surface area (Å²) in [5, 5.41) is 14.3. The number of anilines is 1. The Bertz CT molecular complexity index is 252. The van der Waals surface area contributed by atoms with Crippen LogP contribution < -0.4 is 5.32 Å². The van der Waals surface area contributed by atoms with Gasteiger partial charge in [-0.25, -0.2) is 4.68 Å². The predicted octanol–water partition coefficient (Wildman–Crippen LogP) is 0.422. The highest BCUT2D eigenvalue weighted by molar-refractivity contribution is 5.20. The maximum absolute atomic E-state index is 3.82. The highest BCUT2D eigenvalue weighted by Crippen LogP contribution is 2.31. The van der Waals surface area contributed by atoms with Gasteiger partial charge < -0.3 is 5.32 Å². The van der Waals surface area contributed by atoms with Crippen LogP contribution >= 0.6 is 0 Å². The largest absolute Gasteiger partial charge is 0.353 e. The van der Waals surface area contributed by atoms with Crippen LogP contribution in [-0.4, -0.2) is 26.8 Å². The van der Waals surface area contributed by atoms with Crippen LogP contribution in [0, 0.1) is 5.92 Å². The van der Waals surface area contributed by atoms with Crippen LogP contribution in [-0.2, 0) is 7.05 Å². The van der Waals surface area contributed by atoms with Gasteiger partial charge in [-0.3, -0.25) is 0 Å². The lowest BCUT2D eigenvalue weighted by Crippen LogP contribution is -2.07. The average molecular weight is 167 g/mol. The molecule has 0 aliphatic heterocycles. The van der Waals surface area contributed by atoms with E-state index in [2.05, 4.69) is 20.8 Å². The van der Waals surface area contributed by atoms with Gasteiger partial charge in [-0.05, 0) is 22.8 Å². The number of rotatable bonds is 4. The summed E-state index contributed by atoms with van der Waals surface area (Å²) in [7, 11) is 1.83. The fourth-order valence-electron chi connectivity index (χ4n) is 1.17. The van der Waals surface area contributed by atoms with Crippen molar-refractivity contribution >= 4 is 5.95 Å². The minimum absolute atomic E-state index is 0.760. The maximum atomic E-state index is 3.82. The van der Waals surface area contributed by atoms with Crippen LogP contribution in [0.1, 0.15) is 19.3 Å². The Morgan fingerprint density at radius 1 is 1.58 bits per heavy atom. The maximum Gasteiger partial charge on any atom is 0.242 e. The van der Waals surface area contributed by atoms with E-state index in [1.54, 1.807) is 4.68 Å². The molecule has 0 amide bonds. The normalized spacial score (nSPS) is 16.4. The van der Waals surface area contributed by atoms with Crippen LogP contribution in [0.25, 0.3) is 0 Å². The number of aryl methyl sites for hydroxylation is 1. The predicted molar refractivity (Wildman–Crippen MR) is 44.6 cm³/mol. The summed E-state index contributed by atoms with van der Waals surface area (Å²) in [5.41, 5.74) is 0. The van der Waals surface area contributed by atoms with E-state index in [-0.39, 0.29) is 0 Å². The van der Waals surface area contributed by atoms with Crippen molar-refractivity contribution in [2.24, 2.45) is 13.0 Å². The molecule has 1 aliphatic rings. The van der Waals surface area contributed by atoms with Crippen molar-refractivity contribution in [3.63, 3.8) is 0 Å². The molecule has 1 N–H and O–H groups in total. The number of hydrogen-bond donors (Lipinski definition) is 1. The summed E-state index contributed by atoms with van der Waals surface area (Å²) in [6.45, 7) is 0.985. The van der Waals surface area contributed by atoms with E-state index in [0.717, 1.165) is 18.4 Å². The third kappa shape index (κ3) is 1.72. The standard InChI is InChI=1S/C7H13N5/c1-12-7(9-10-11-12)8-5-4-6-2-3-6/h6H,2-5H2,1H3,(H,8,9,11). The zero-order valence-electron chi connectivity index (χ0n) is 7.19. The van der Waals surface area contributed by atoms with Gasteiger partial charge in [0.05, 0.1) is 0 Å². The first-order valence-electron chi connectivity index (χ1n) is 4.32. The molecule has 1 aliphatic carbocycles. The Balaban J connectivity index is 1.75. The lowest BCUT2D eigenvalue weighted by atomic mass is 10.3. The van der Waals surface area contributed by atoms with E-state index >= 15 is 0 Å². The molecule has 0 saturated heterocycles. The first kappa shape index (κ1) is 7.52. The van der Waals surface area contributed by atoms with Gasteiger partial charge in [0.1, 0.15) is 0 Å². The van der Waals surface area contributed by atoms with E-state index in [1.807, 2.05) is 7.05 Å². The third-order valence-electron chi connectivity index (χ3n) is 2.15. The zero-order chi connectivity index (χ0) is 8.39. The summed E-state index contributed by atoms with van der Waals surface area (Å²) in [6.07, 6.45) is 4.05. The third-order valence-corrected chi connectivity index (χ3v) is 2.15. The van der Waals surface area contributed by atoms with Crippen LogP contribution in [0.15, 0.2) is 0 Å². The van der Waals surface area contributed by atoms with Gasteiger partial charge in [-0.15, -0.1) is 0 Å². The molecule has 0 unspecified atom stereocenters. The average Bonchev–Trinajstić information content (AvgIpc) is 2.78. The second-order valence-corrected chi connectivity index (χ2v) is 3.28. The van der Waals surface area contributed by atoms with Crippen LogP contribution in [0.3, 0.4) is 0 Å². The van der Waals surface area contributed by atoms with Gasteiger partial charge >= 0.3 is 0 Å². The minimum Gasteiger partial charge on any atom is -0.353 e. The van der Waals surface area contributed by atoms with Gasteiger partial charge in [0.25, 0.3) is 0 Å². The summed E-state index contributed by atoms with van der Waals surface area (Å²) in [4.78, 5) is 0. The van der Waals surface area contributed by atoms with Gasteiger partial charge in [0.2, 0.25) is 5.95 Å². The van der Waals surface area contributed by atoms with Crippen LogP contribution in [0.5, 0.6) is 0 Å². The molecule has 5 heteroatoms. The van der Waals surface area contributed by atoms with Crippen molar-refractivity contribution in [2.45, 2.75) is 19.3 Å². The Hall–Kier alpha value is -1.13. The van der Waals surface area contributed by atoms with Crippen molar-refractivity contribution in [2.75, 3.05) is 11.9 Å². The first-order valence-corrected chi connectivity index (χ1v) is 4.32. The molecule has 1 aromatic rings. The highest BCUT2D eigenvalue weighted by atomic mass is 15.6. The molecule has 0 spiro atoms. The van der Waals surface area contributed by atoms with Gasteiger partial charge in [0, 0.05) is 13.6 Å². The first-order chi connectivity index (χ1) is 5.86. The molecular formula is C7H13N5. The second kappa shape index (κ2) is 3.08. The number of tetrazole rings is 1. The van der Waals surface area contributed by atoms with E-state index in [0.29, 0.717) is 0 Å². The molecule has 0 bridgehead atoms. The van der Waals surface area contributed by atoms with Gasteiger partial charge in [0.15, 0.2) is 0 Å². The van der Waals surface area contributed by atoms with Crippen molar-refractivity contribution in [1.29, 1.82) is 0 Å². The molecule has 0 radical (unpaired) electrons. The van der Waals surface area contributed by atoms with E-state index in [1.165, 1.54) is 19.3 Å². The number of nitrogens with one attached hydrogen (secondary N) is 1. The molecule has 12 heavy (non-hydrogen) atoms. The number of nitrogens with zero attached hydrogens (tertiary/aromatic N) is 4. The molecule has 1 aromatic heterocycles. The quantitative estimate of drug-likeness (QED) is 0.706. The Labute approximate surface area is 71.1 Å². The van der Waals surface area contributed by atoms with Crippen LogP contribution in [0.2, 0.25) is 0 Å². The zero-order valence-corrected chi connectivity index (χ0v) is 7.19.